The number of halogens is 1. The third kappa shape index (κ3) is 6.03. The standard InChI is InChI=1S/C16H25N5O5S.ClH/c1-11-5-7-20(12(8-11)10-17)16(22)4-6-19-14-3-2-13(27(18,25)26)9-15(14)21(23)24;/h2-3,9,11-12,19H,4-8,10,17H2,1H3,(H2,18,25,26);1H. The largest absolute Gasteiger partial charge is 0.379 e. The molecule has 10 nitrogen and oxygen atoms in total. The molecule has 1 saturated heterocycles. The highest BCUT2D eigenvalue weighted by Gasteiger charge is 2.28. The Kier molecular flexibility index (Phi) is 8.61. The van der Waals surface area contributed by atoms with Crippen LogP contribution in [0.3, 0.4) is 0 Å². The maximum absolute atomic E-state index is 12.5. The van der Waals surface area contributed by atoms with Crippen LogP contribution in [0, 0.1) is 16.0 Å². The molecule has 0 spiro atoms. The number of hydrogen-bond donors (Lipinski definition) is 3. The molecule has 5 N–H and O–H groups in total. The molecular formula is C16H26ClN5O5S. The number of primary sulfonamides is 1. The van der Waals surface area contributed by atoms with Gasteiger partial charge in [0.15, 0.2) is 0 Å². The second-order valence-corrected chi connectivity index (χ2v) is 8.33. The fraction of sp³-hybridized carbons (Fsp3) is 0.562. The van der Waals surface area contributed by atoms with Gasteiger partial charge in [-0.25, -0.2) is 13.6 Å². The lowest BCUT2D eigenvalue weighted by Crippen LogP contribution is -2.49. The number of nitrogens with two attached hydrogens (primary N) is 2. The smallest absolute Gasteiger partial charge is 0.293 e. The minimum atomic E-state index is -4.04. The summed E-state index contributed by atoms with van der Waals surface area (Å²) in [7, 11) is -4.04. The Hall–Kier alpha value is -1.95. The number of carbonyl (C=O) groups excluding carboxylic acids is 1. The lowest BCUT2D eigenvalue weighted by Gasteiger charge is -2.38. The Morgan fingerprint density at radius 2 is 2.11 bits per heavy atom. The van der Waals surface area contributed by atoms with Gasteiger partial charge in [-0.3, -0.25) is 14.9 Å². The minimum Gasteiger partial charge on any atom is -0.379 e. The summed E-state index contributed by atoms with van der Waals surface area (Å²) in [5, 5.41) is 19.0. The molecule has 1 aliphatic heterocycles. The number of nitro benzene ring substituents is 1. The van der Waals surface area contributed by atoms with E-state index < -0.39 is 20.6 Å². The van der Waals surface area contributed by atoms with Crippen LogP contribution in [0.5, 0.6) is 0 Å². The summed E-state index contributed by atoms with van der Waals surface area (Å²) >= 11 is 0. The van der Waals surface area contributed by atoms with Crippen LogP contribution >= 0.6 is 12.4 Å². The fourth-order valence-corrected chi connectivity index (χ4v) is 3.77. The molecule has 2 atom stereocenters. The normalized spacial score (nSPS) is 19.6. The van der Waals surface area contributed by atoms with Crippen LogP contribution in [0.25, 0.3) is 0 Å². The first kappa shape index (κ1) is 24.1. The summed E-state index contributed by atoms with van der Waals surface area (Å²) in [5.41, 5.74) is 5.48. The van der Waals surface area contributed by atoms with E-state index in [2.05, 4.69) is 12.2 Å². The van der Waals surface area contributed by atoms with E-state index in [1.165, 1.54) is 12.1 Å². The lowest BCUT2D eigenvalue weighted by atomic mass is 9.92. The molecule has 1 amide bonds. The number of nitrogens with zero attached hydrogens (tertiary/aromatic N) is 2. The van der Waals surface area contributed by atoms with E-state index in [0.717, 1.165) is 18.9 Å². The first-order valence-electron chi connectivity index (χ1n) is 8.68. The van der Waals surface area contributed by atoms with Crippen molar-refractivity contribution >= 4 is 39.7 Å². The van der Waals surface area contributed by atoms with E-state index >= 15 is 0 Å². The Morgan fingerprint density at radius 3 is 2.68 bits per heavy atom. The summed E-state index contributed by atoms with van der Waals surface area (Å²) in [5.74, 6) is 0.467. The van der Waals surface area contributed by atoms with Gasteiger partial charge in [-0.15, -0.1) is 12.4 Å². The van der Waals surface area contributed by atoms with E-state index in [4.69, 9.17) is 10.9 Å². The number of carbonyl (C=O) groups is 1. The summed E-state index contributed by atoms with van der Waals surface area (Å²) in [6, 6.07) is 3.37. The summed E-state index contributed by atoms with van der Waals surface area (Å²) in [6.45, 7) is 3.38. The number of likely N-dealkylation sites (tertiary alicyclic amines) is 1. The van der Waals surface area contributed by atoms with Crippen LogP contribution in [-0.2, 0) is 14.8 Å². The average Bonchev–Trinajstić information content (AvgIpc) is 2.60. The molecule has 12 heteroatoms. The Balaban J connectivity index is 0.00000392. The number of hydrogen-bond acceptors (Lipinski definition) is 7. The van der Waals surface area contributed by atoms with E-state index in [0.29, 0.717) is 19.0 Å². The molecule has 1 aromatic carbocycles. The van der Waals surface area contributed by atoms with Crippen LogP contribution in [0.2, 0.25) is 0 Å². The highest BCUT2D eigenvalue weighted by atomic mass is 35.5. The van der Waals surface area contributed by atoms with Gasteiger partial charge in [-0.1, -0.05) is 6.92 Å². The molecule has 0 bridgehead atoms. The van der Waals surface area contributed by atoms with Crippen LogP contribution < -0.4 is 16.2 Å². The molecule has 28 heavy (non-hydrogen) atoms. The molecule has 0 saturated carbocycles. The monoisotopic (exact) mass is 435 g/mol. The molecule has 1 fully saturated rings. The van der Waals surface area contributed by atoms with Crippen molar-refractivity contribution in [2.45, 2.75) is 37.1 Å². The highest BCUT2D eigenvalue weighted by Crippen LogP contribution is 2.27. The molecule has 0 radical (unpaired) electrons. The molecule has 2 unspecified atom stereocenters. The number of anilines is 1. The van der Waals surface area contributed by atoms with Crippen molar-refractivity contribution < 1.29 is 18.1 Å². The van der Waals surface area contributed by atoms with Crippen molar-refractivity contribution in [2.24, 2.45) is 16.8 Å². The zero-order chi connectivity index (χ0) is 20.2. The predicted molar refractivity (Wildman–Crippen MR) is 108 cm³/mol. The Bertz CT molecular complexity index is 820. The number of rotatable bonds is 7. The third-order valence-corrected chi connectivity index (χ3v) is 5.63. The number of piperidine rings is 1. The number of nitro groups is 1. The molecule has 1 heterocycles. The zero-order valence-corrected chi connectivity index (χ0v) is 17.2. The molecule has 0 aromatic heterocycles. The first-order valence-corrected chi connectivity index (χ1v) is 10.2. The summed E-state index contributed by atoms with van der Waals surface area (Å²) in [6.07, 6.45) is 1.95. The predicted octanol–water partition coefficient (Wildman–Crippen LogP) is 1.05. The van der Waals surface area contributed by atoms with Gasteiger partial charge in [0.25, 0.3) is 5.69 Å². The van der Waals surface area contributed by atoms with Crippen molar-refractivity contribution in [3.8, 4) is 0 Å². The fourth-order valence-electron chi connectivity index (χ4n) is 3.24. The summed E-state index contributed by atoms with van der Waals surface area (Å²) in [4.78, 5) is 24.4. The van der Waals surface area contributed by atoms with Crippen molar-refractivity contribution in [2.75, 3.05) is 25.0 Å². The molecular weight excluding hydrogens is 410 g/mol. The minimum absolute atomic E-state index is 0. The maximum atomic E-state index is 12.5. The molecule has 0 aliphatic carbocycles. The van der Waals surface area contributed by atoms with E-state index in [-0.39, 0.29) is 47.9 Å². The van der Waals surface area contributed by atoms with Crippen molar-refractivity contribution in [3.05, 3.63) is 28.3 Å². The van der Waals surface area contributed by atoms with Crippen molar-refractivity contribution in [3.63, 3.8) is 0 Å². The van der Waals surface area contributed by atoms with Gasteiger partial charge in [0, 0.05) is 38.2 Å². The van der Waals surface area contributed by atoms with Crippen LogP contribution in [0.1, 0.15) is 26.2 Å². The van der Waals surface area contributed by atoms with Gasteiger partial charge < -0.3 is 16.0 Å². The summed E-state index contributed by atoms with van der Waals surface area (Å²) < 4.78 is 22.7. The third-order valence-electron chi connectivity index (χ3n) is 4.72. The van der Waals surface area contributed by atoms with Crippen LogP contribution in [-0.4, -0.2) is 49.8 Å². The topological polar surface area (TPSA) is 162 Å². The number of nitrogens with one attached hydrogen (secondary N) is 1. The Labute approximate surface area is 170 Å². The average molecular weight is 436 g/mol. The number of benzene rings is 1. The molecule has 1 aromatic rings. The van der Waals surface area contributed by atoms with Gasteiger partial charge in [0.05, 0.1) is 9.82 Å². The second kappa shape index (κ2) is 10.0. The molecule has 158 valence electrons. The lowest BCUT2D eigenvalue weighted by molar-refractivity contribution is -0.384. The SMILES string of the molecule is CC1CCN(C(=O)CCNc2ccc(S(N)(=O)=O)cc2[N+](=O)[O-])C(CN)C1.Cl. The quantitative estimate of drug-likeness (QED) is 0.425. The first-order chi connectivity index (χ1) is 12.6. The number of amides is 1. The van der Waals surface area contributed by atoms with Crippen LogP contribution in [0.4, 0.5) is 11.4 Å². The van der Waals surface area contributed by atoms with E-state index in [1.807, 2.05) is 0 Å². The van der Waals surface area contributed by atoms with E-state index in [1.54, 1.807) is 4.90 Å². The van der Waals surface area contributed by atoms with E-state index in [9.17, 15) is 23.3 Å². The maximum Gasteiger partial charge on any atom is 0.293 e. The molecule has 2 rings (SSSR count). The number of sulfonamides is 1. The van der Waals surface area contributed by atoms with Gasteiger partial charge in [0.2, 0.25) is 15.9 Å². The van der Waals surface area contributed by atoms with Crippen LogP contribution in [0.15, 0.2) is 23.1 Å². The van der Waals surface area contributed by atoms with Gasteiger partial charge >= 0.3 is 0 Å². The van der Waals surface area contributed by atoms with Gasteiger partial charge in [-0.2, -0.15) is 0 Å². The van der Waals surface area contributed by atoms with Gasteiger partial charge in [-0.05, 0) is 30.9 Å². The molecule has 1 aliphatic rings. The highest BCUT2D eigenvalue weighted by molar-refractivity contribution is 7.89. The zero-order valence-electron chi connectivity index (χ0n) is 15.5. The van der Waals surface area contributed by atoms with Gasteiger partial charge in [0.1, 0.15) is 5.69 Å². The van der Waals surface area contributed by atoms with Crippen molar-refractivity contribution in [1.82, 2.24) is 4.90 Å². The van der Waals surface area contributed by atoms with Crippen molar-refractivity contribution in [1.29, 1.82) is 0 Å². The Morgan fingerprint density at radius 1 is 1.43 bits per heavy atom. The second-order valence-electron chi connectivity index (χ2n) is 6.76.